The van der Waals surface area contributed by atoms with Gasteiger partial charge in [0.25, 0.3) is 0 Å². The minimum atomic E-state index is 0.325. The predicted octanol–water partition coefficient (Wildman–Crippen LogP) is 1.18. The van der Waals surface area contributed by atoms with Crippen molar-refractivity contribution in [3.05, 3.63) is 6.07 Å². The van der Waals surface area contributed by atoms with Gasteiger partial charge in [0.05, 0.1) is 7.11 Å². The molecule has 5 heteroatoms. The first-order valence-corrected chi connectivity index (χ1v) is 4.56. The molecule has 2 N–H and O–H groups in total. The summed E-state index contributed by atoms with van der Waals surface area (Å²) in [6, 6.07) is 2.06. The number of anilines is 1. The molecule has 1 aromatic heterocycles. The van der Waals surface area contributed by atoms with Crippen LogP contribution in [0.25, 0.3) is 0 Å². The highest BCUT2D eigenvalue weighted by molar-refractivity contribution is 7.99. The van der Waals surface area contributed by atoms with Gasteiger partial charge < -0.3 is 10.5 Å². The standard InChI is InChI=1S/C7H11N3OS/c1-3-12-6-4-5(8)9-7(10-6)11-2/h4H,3H2,1-2H3,(H2,8,9,10). The van der Waals surface area contributed by atoms with Gasteiger partial charge in [0.15, 0.2) is 0 Å². The first kappa shape index (κ1) is 9.12. The fourth-order valence-electron chi connectivity index (χ4n) is 0.734. The smallest absolute Gasteiger partial charge is 0.319 e. The van der Waals surface area contributed by atoms with Crippen LogP contribution in [0.3, 0.4) is 0 Å². The lowest BCUT2D eigenvalue weighted by Gasteiger charge is -2.01. The van der Waals surface area contributed by atoms with E-state index in [9.17, 15) is 0 Å². The Hall–Kier alpha value is -0.970. The highest BCUT2D eigenvalue weighted by Gasteiger charge is 2.01. The largest absolute Gasteiger partial charge is 0.467 e. The van der Waals surface area contributed by atoms with Crippen LogP contribution in [0.1, 0.15) is 6.92 Å². The van der Waals surface area contributed by atoms with Gasteiger partial charge in [-0.05, 0) is 5.75 Å². The van der Waals surface area contributed by atoms with Gasteiger partial charge >= 0.3 is 6.01 Å². The number of nitrogen functional groups attached to an aromatic ring is 1. The molecular weight excluding hydrogens is 174 g/mol. The number of thioether (sulfide) groups is 1. The lowest BCUT2D eigenvalue weighted by atomic mass is 10.6. The van der Waals surface area contributed by atoms with Gasteiger partial charge in [-0.1, -0.05) is 6.92 Å². The molecule has 4 nitrogen and oxygen atoms in total. The molecule has 66 valence electrons. The lowest BCUT2D eigenvalue weighted by Crippen LogP contribution is -1.97. The molecule has 0 aliphatic carbocycles. The van der Waals surface area contributed by atoms with Gasteiger partial charge in [0.1, 0.15) is 10.8 Å². The Morgan fingerprint density at radius 2 is 2.33 bits per heavy atom. The van der Waals surface area contributed by atoms with E-state index in [1.54, 1.807) is 17.8 Å². The maximum absolute atomic E-state index is 5.52. The Morgan fingerprint density at radius 1 is 1.58 bits per heavy atom. The number of methoxy groups -OCH3 is 1. The van der Waals surface area contributed by atoms with Gasteiger partial charge in [-0.3, -0.25) is 0 Å². The summed E-state index contributed by atoms with van der Waals surface area (Å²) in [4.78, 5) is 7.96. The van der Waals surface area contributed by atoms with Gasteiger partial charge in [-0.2, -0.15) is 9.97 Å². The number of nitrogens with zero attached hydrogens (tertiary/aromatic N) is 2. The van der Waals surface area contributed by atoms with Crippen LogP contribution in [0, 0.1) is 0 Å². The highest BCUT2D eigenvalue weighted by atomic mass is 32.2. The molecule has 0 aliphatic heterocycles. The topological polar surface area (TPSA) is 61.0 Å². The molecule has 1 rings (SSSR count). The summed E-state index contributed by atoms with van der Waals surface area (Å²) in [5.41, 5.74) is 5.52. The number of ether oxygens (including phenoxy) is 1. The molecule has 0 unspecified atom stereocenters. The molecule has 0 radical (unpaired) electrons. The summed E-state index contributed by atoms with van der Waals surface area (Å²) in [6.07, 6.45) is 0. The van der Waals surface area contributed by atoms with E-state index in [-0.39, 0.29) is 0 Å². The Bertz CT molecular complexity index is 267. The Balaban J connectivity index is 2.90. The van der Waals surface area contributed by atoms with Crippen LogP contribution < -0.4 is 10.5 Å². The van der Waals surface area contributed by atoms with Crippen LogP contribution in [0.4, 0.5) is 5.82 Å². The summed E-state index contributed by atoms with van der Waals surface area (Å²) in [5.74, 6) is 1.40. The van der Waals surface area contributed by atoms with Gasteiger partial charge in [0, 0.05) is 6.07 Å². The van der Waals surface area contributed by atoms with E-state index in [4.69, 9.17) is 10.5 Å². The quantitative estimate of drug-likeness (QED) is 0.566. The SMILES string of the molecule is CCSc1cc(N)nc(OC)n1. The molecule has 0 fully saturated rings. The minimum absolute atomic E-state index is 0.325. The fourth-order valence-corrected chi connectivity index (χ4v) is 1.38. The second-order valence-electron chi connectivity index (χ2n) is 2.05. The summed E-state index contributed by atoms with van der Waals surface area (Å²) in [6.45, 7) is 2.05. The van der Waals surface area contributed by atoms with Gasteiger partial charge in [0.2, 0.25) is 0 Å². The monoisotopic (exact) mass is 185 g/mol. The molecule has 0 amide bonds. The van der Waals surface area contributed by atoms with Crippen molar-refractivity contribution < 1.29 is 4.74 Å². The zero-order valence-corrected chi connectivity index (χ0v) is 7.89. The third-order valence-electron chi connectivity index (χ3n) is 1.18. The van der Waals surface area contributed by atoms with Crippen molar-refractivity contribution in [3.8, 4) is 6.01 Å². The molecule has 0 bridgehead atoms. The van der Waals surface area contributed by atoms with E-state index in [1.165, 1.54) is 7.11 Å². The van der Waals surface area contributed by atoms with Crippen LogP contribution in [0.2, 0.25) is 0 Å². The van der Waals surface area contributed by atoms with E-state index in [0.717, 1.165) is 10.8 Å². The van der Waals surface area contributed by atoms with Crippen molar-refractivity contribution in [1.29, 1.82) is 0 Å². The summed E-state index contributed by atoms with van der Waals surface area (Å²) in [7, 11) is 1.52. The van der Waals surface area contributed by atoms with E-state index >= 15 is 0 Å². The van der Waals surface area contributed by atoms with Gasteiger partial charge in [-0.15, -0.1) is 11.8 Å². The average Bonchev–Trinajstić information content (AvgIpc) is 2.04. The molecule has 1 heterocycles. The number of nitrogens with two attached hydrogens (primary N) is 1. The first-order chi connectivity index (χ1) is 5.76. The maximum atomic E-state index is 5.52. The van der Waals surface area contributed by atoms with Crippen LogP contribution in [-0.4, -0.2) is 22.8 Å². The van der Waals surface area contributed by atoms with Crippen LogP contribution >= 0.6 is 11.8 Å². The summed E-state index contributed by atoms with van der Waals surface area (Å²) in [5, 5.41) is 0.849. The van der Waals surface area contributed by atoms with E-state index in [2.05, 4.69) is 16.9 Å². The fraction of sp³-hybridized carbons (Fsp3) is 0.429. The summed E-state index contributed by atoms with van der Waals surface area (Å²) < 4.78 is 4.87. The molecule has 0 spiro atoms. The van der Waals surface area contributed by atoms with Crippen LogP contribution in [0.15, 0.2) is 11.1 Å². The predicted molar refractivity (Wildman–Crippen MR) is 49.4 cm³/mol. The number of hydrogen-bond acceptors (Lipinski definition) is 5. The maximum Gasteiger partial charge on any atom is 0.319 e. The second kappa shape index (κ2) is 4.15. The molecule has 0 atom stereocenters. The number of rotatable bonds is 3. The Kier molecular flexibility index (Phi) is 3.16. The van der Waals surface area contributed by atoms with Crippen molar-refractivity contribution in [2.45, 2.75) is 11.9 Å². The Labute approximate surface area is 75.5 Å². The molecule has 0 saturated heterocycles. The average molecular weight is 185 g/mol. The van der Waals surface area contributed by atoms with Gasteiger partial charge in [-0.25, -0.2) is 0 Å². The molecular formula is C7H11N3OS. The van der Waals surface area contributed by atoms with Crippen LogP contribution in [0.5, 0.6) is 6.01 Å². The van der Waals surface area contributed by atoms with Crippen molar-refractivity contribution in [1.82, 2.24) is 9.97 Å². The minimum Gasteiger partial charge on any atom is -0.467 e. The zero-order valence-electron chi connectivity index (χ0n) is 7.07. The third-order valence-corrected chi connectivity index (χ3v) is 1.97. The third kappa shape index (κ3) is 2.27. The number of aromatic nitrogens is 2. The molecule has 0 aromatic carbocycles. The van der Waals surface area contributed by atoms with Crippen molar-refractivity contribution in [2.75, 3.05) is 18.6 Å². The van der Waals surface area contributed by atoms with Crippen molar-refractivity contribution in [3.63, 3.8) is 0 Å². The van der Waals surface area contributed by atoms with E-state index in [1.807, 2.05) is 0 Å². The molecule has 0 saturated carbocycles. The zero-order chi connectivity index (χ0) is 8.97. The highest BCUT2D eigenvalue weighted by Crippen LogP contribution is 2.18. The van der Waals surface area contributed by atoms with Crippen molar-refractivity contribution >= 4 is 17.6 Å². The molecule has 12 heavy (non-hydrogen) atoms. The second-order valence-corrected chi connectivity index (χ2v) is 3.34. The first-order valence-electron chi connectivity index (χ1n) is 3.57. The summed E-state index contributed by atoms with van der Waals surface area (Å²) >= 11 is 1.61. The molecule has 0 aliphatic rings. The van der Waals surface area contributed by atoms with E-state index in [0.29, 0.717) is 11.8 Å². The lowest BCUT2D eigenvalue weighted by molar-refractivity contribution is 0.377. The number of hydrogen-bond donors (Lipinski definition) is 1. The Morgan fingerprint density at radius 3 is 2.92 bits per heavy atom. The van der Waals surface area contributed by atoms with Crippen molar-refractivity contribution in [2.24, 2.45) is 0 Å². The van der Waals surface area contributed by atoms with E-state index < -0.39 is 0 Å². The molecule has 1 aromatic rings. The van der Waals surface area contributed by atoms with Crippen LogP contribution in [-0.2, 0) is 0 Å². The normalized spacial score (nSPS) is 9.83.